The van der Waals surface area contributed by atoms with E-state index in [0.29, 0.717) is 23.6 Å². The monoisotopic (exact) mass is 515 g/mol. The fourth-order valence-electron chi connectivity index (χ4n) is 5.13. The molecular weight excluding hydrogens is 493 g/mol. The molecule has 1 saturated carbocycles. The molecule has 1 aromatic heterocycles. The third-order valence-corrected chi connectivity index (χ3v) is 9.30. The van der Waals surface area contributed by atoms with Crippen molar-refractivity contribution in [1.82, 2.24) is 14.1 Å². The standard InChI is InChI=1S/C25H23ClFN3O4S/c1-29(35(33,34)22-10-3-18(26)4-11-22)21-7-2-17-12-23-16(13-25(17,14-21)24(31)32)15-28-30(23)20-8-5-19(27)6-9-20/h3-6,8-12,15,21H,2,7,13-14H2,1H3,(H,31,32)/t21-,25-/m0/s1. The second-order valence-corrected chi connectivity index (χ2v) is 11.5. The lowest BCUT2D eigenvalue weighted by atomic mass is 9.63. The quantitative estimate of drug-likeness (QED) is 0.538. The third kappa shape index (κ3) is 3.97. The van der Waals surface area contributed by atoms with Crippen LogP contribution < -0.4 is 0 Å². The molecule has 0 amide bonds. The first kappa shape index (κ1) is 23.7. The van der Waals surface area contributed by atoms with Crippen molar-refractivity contribution >= 4 is 33.7 Å². The van der Waals surface area contributed by atoms with Gasteiger partial charge in [-0.2, -0.15) is 9.40 Å². The van der Waals surface area contributed by atoms with Crippen LogP contribution in [-0.2, 0) is 21.2 Å². The SMILES string of the molecule is CN([C@H]1CCC2=Cc3c(cnn3-c3ccc(F)cc3)C[C@]2(C(=O)O)C1)S(=O)(=O)c1ccc(Cl)cc1. The van der Waals surface area contributed by atoms with Crippen molar-refractivity contribution in [2.24, 2.45) is 5.41 Å². The van der Waals surface area contributed by atoms with Crippen molar-refractivity contribution in [3.63, 3.8) is 0 Å². The largest absolute Gasteiger partial charge is 0.481 e. The van der Waals surface area contributed by atoms with Gasteiger partial charge in [0.1, 0.15) is 5.82 Å². The molecule has 0 radical (unpaired) electrons. The summed E-state index contributed by atoms with van der Waals surface area (Å²) in [6, 6.07) is 11.4. The van der Waals surface area contributed by atoms with Gasteiger partial charge in [0.15, 0.2) is 0 Å². The molecular formula is C25H23ClFN3O4S. The summed E-state index contributed by atoms with van der Waals surface area (Å²) in [5, 5.41) is 15.2. The Balaban J connectivity index is 1.48. The zero-order chi connectivity index (χ0) is 25.0. The summed E-state index contributed by atoms with van der Waals surface area (Å²) in [5.74, 6) is -1.33. The van der Waals surface area contributed by atoms with Crippen molar-refractivity contribution in [3.05, 3.63) is 82.4 Å². The smallest absolute Gasteiger partial charge is 0.314 e. The molecule has 35 heavy (non-hydrogen) atoms. The molecule has 182 valence electrons. The molecule has 5 rings (SSSR count). The number of carbonyl (C=O) groups is 1. The van der Waals surface area contributed by atoms with E-state index in [-0.39, 0.29) is 23.6 Å². The summed E-state index contributed by atoms with van der Waals surface area (Å²) in [4.78, 5) is 12.8. The molecule has 0 unspecified atom stereocenters. The molecule has 0 aliphatic heterocycles. The number of nitrogens with zero attached hydrogens (tertiary/aromatic N) is 3. The van der Waals surface area contributed by atoms with Gasteiger partial charge in [-0.3, -0.25) is 4.79 Å². The Labute approximate surface area is 207 Å². The molecule has 2 aliphatic rings. The molecule has 7 nitrogen and oxygen atoms in total. The van der Waals surface area contributed by atoms with Crippen LogP contribution in [0.1, 0.15) is 30.5 Å². The Morgan fingerprint density at radius 2 is 1.89 bits per heavy atom. The predicted molar refractivity (Wildman–Crippen MR) is 129 cm³/mol. The number of sulfonamides is 1. The normalized spacial score (nSPS) is 21.8. The van der Waals surface area contributed by atoms with Crippen LogP contribution in [0.15, 0.2) is 65.2 Å². The van der Waals surface area contributed by atoms with E-state index in [1.807, 2.05) is 6.08 Å². The van der Waals surface area contributed by atoms with Crippen LogP contribution in [0.2, 0.25) is 5.02 Å². The van der Waals surface area contributed by atoms with Gasteiger partial charge in [0.25, 0.3) is 0 Å². The maximum absolute atomic E-state index is 13.4. The van der Waals surface area contributed by atoms with E-state index >= 15 is 0 Å². The molecule has 0 bridgehead atoms. The number of rotatable bonds is 5. The number of aliphatic carboxylic acids is 1. The lowest BCUT2D eigenvalue weighted by Gasteiger charge is -2.44. The molecule has 2 atom stereocenters. The van der Waals surface area contributed by atoms with Crippen molar-refractivity contribution in [1.29, 1.82) is 0 Å². The number of halogens is 2. The van der Waals surface area contributed by atoms with Crippen LogP contribution in [0.3, 0.4) is 0 Å². The predicted octanol–water partition coefficient (Wildman–Crippen LogP) is 4.55. The van der Waals surface area contributed by atoms with Crippen molar-refractivity contribution in [2.75, 3.05) is 7.05 Å². The van der Waals surface area contributed by atoms with Gasteiger partial charge in [-0.05, 0) is 85.9 Å². The van der Waals surface area contributed by atoms with Gasteiger partial charge in [0.05, 0.1) is 27.9 Å². The molecule has 1 N–H and O–H groups in total. The van der Waals surface area contributed by atoms with Crippen molar-refractivity contribution < 1.29 is 22.7 Å². The molecule has 1 heterocycles. The average molecular weight is 516 g/mol. The number of aromatic nitrogens is 2. The Kier molecular flexibility index (Phi) is 5.82. The summed E-state index contributed by atoms with van der Waals surface area (Å²) in [5.41, 5.74) is 1.72. The minimum atomic E-state index is -3.83. The van der Waals surface area contributed by atoms with Crippen molar-refractivity contribution in [2.45, 2.75) is 36.6 Å². The molecule has 10 heteroatoms. The molecule has 0 saturated heterocycles. The highest BCUT2D eigenvalue weighted by Gasteiger charge is 2.51. The summed E-state index contributed by atoms with van der Waals surface area (Å²) >= 11 is 5.91. The van der Waals surface area contributed by atoms with Gasteiger partial charge in [-0.25, -0.2) is 17.5 Å². The minimum absolute atomic E-state index is 0.113. The first-order valence-electron chi connectivity index (χ1n) is 11.1. The van der Waals surface area contributed by atoms with Gasteiger partial charge < -0.3 is 5.11 Å². The van der Waals surface area contributed by atoms with Gasteiger partial charge in [0.2, 0.25) is 10.0 Å². The Morgan fingerprint density at radius 1 is 1.20 bits per heavy atom. The van der Waals surface area contributed by atoms with E-state index in [4.69, 9.17) is 11.6 Å². The molecule has 0 spiro atoms. The van der Waals surface area contributed by atoms with Crippen molar-refractivity contribution in [3.8, 4) is 5.69 Å². The number of hydrogen-bond donors (Lipinski definition) is 1. The van der Waals surface area contributed by atoms with Crippen LogP contribution in [0.5, 0.6) is 0 Å². The maximum Gasteiger partial charge on any atom is 0.314 e. The minimum Gasteiger partial charge on any atom is -0.481 e. The molecule has 1 fully saturated rings. The number of carboxylic acids is 1. The maximum atomic E-state index is 13.4. The van der Waals surface area contributed by atoms with Gasteiger partial charge in [-0.1, -0.05) is 17.2 Å². The van der Waals surface area contributed by atoms with Crippen LogP contribution in [-0.4, -0.2) is 46.7 Å². The molecule has 3 aromatic rings. The summed E-state index contributed by atoms with van der Waals surface area (Å²) in [6.07, 6.45) is 4.77. The van der Waals surface area contributed by atoms with Crippen LogP contribution in [0, 0.1) is 11.2 Å². The zero-order valence-corrected chi connectivity index (χ0v) is 20.4. The second kappa shape index (κ2) is 8.58. The van der Waals surface area contributed by atoms with Crippen LogP contribution in [0.4, 0.5) is 4.39 Å². The highest BCUT2D eigenvalue weighted by molar-refractivity contribution is 7.89. The number of benzene rings is 2. The van der Waals surface area contributed by atoms with E-state index in [1.165, 1.54) is 47.8 Å². The highest BCUT2D eigenvalue weighted by Crippen LogP contribution is 2.49. The lowest BCUT2D eigenvalue weighted by Crippen LogP contribution is -2.49. The Hall–Kier alpha value is -3.01. The van der Waals surface area contributed by atoms with E-state index < -0.39 is 27.4 Å². The second-order valence-electron chi connectivity index (χ2n) is 9.05. The van der Waals surface area contributed by atoms with Gasteiger partial charge >= 0.3 is 5.97 Å². The number of carboxylic acid groups (broad SMARTS) is 1. The summed E-state index contributed by atoms with van der Waals surface area (Å²) in [7, 11) is -2.33. The van der Waals surface area contributed by atoms with Crippen LogP contribution >= 0.6 is 11.6 Å². The summed E-state index contributed by atoms with van der Waals surface area (Å²) < 4.78 is 42.8. The van der Waals surface area contributed by atoms with Gasteiger partial charge in [-0.15, -0.1) is 0 Å². The third-order valence-electron chi connectivity index (χ3n) is 7.12. The molecule has 2 aromatic carbocycles. The van der Waals surface area contributed by atoms with E-state index in [2.05, 4.69) is 5.10 Å². The van der Waals surface area contributed by atoms with E-state index in [9.17, 15) is 22.7 Å². The van der Waals surface area contributed by atoms with E-state index in [0.717, 1.165) is 16.8 Å². The van der Waals surface area contributed by atoms with Gasteiger partial charge in [0, 0.05) is 18.1 Å². The topological polar surface area (TPSA) is 92.5 Å². The number of hydrogen-bond acceptors (Lipinski definition) is 4. The first-order chi connectivity index (χ1) is 16.6. The Morgan fingerprint density at radius 3 is 2.54 bits per heavy atom. The lowest BCUT2D eigenvalue weighted by molar-refractivity contribution is -0.148. The highest BCUT2D eigenvalue weighted by atomic mass is 35.5. The average Bonchev–Trinajstić information content (AvgIpc) is 3.24. The summed E-state index contributed by atoms with van der Waals surface area (Å²) in [6.45, 7) is 0. The first-order valence-corrected chi connectivity index (χ1v) is 12.9. The van der Waals surface area contributed by atoms with Crippen LogP contribution in [0.25, 0.3) is 11.8 Å². The fourth-order valence-corrected chi connectivity index (χ4v) is 6.64. The molecule has 2 aliphatic carbocycles. The Bertz CT molecular complexity index is 1430. The zero-order valence-electron chi connectivity index (χ0n) is 18.9. The van der Waals surface area contributed by atoms with E-state index in [1.54, 1.807) is 23.0 Å². The fraction of sp³-hybridized carbons (Fsp3) is 0.280. The number of fused-ring (bicyclic) bond motifs is 2.